The lowest BCUT2D eigenvalue weighted by Crippen LogP contribution is -2.59. The Hall–Kier alpha value is -4.07. The molecule has 0 aliphatic carbocycles. The van der Waals surface area contributed by atoms with Gasteiger partial charge in [-0.1, -0.05) is 62.7 Å². The molecular formula is C33H43N3O5. The summed E-state index contributed by atoms with van der Waals surface area (Å²) in [6, 6.07) is 17.7. The predicted molar refractivity (Wildman–Crippen MR) is 163 cm³/mol. The van der Waals surface area contributed by atoms with E-state index in [0.717, 1.165) is 10.8 Å². The zero-order chi connectivity index (χ0) is 30.5. The van der Waals surface area contributed by atoms with Crippen LogP contribution in [0, 0.1) is 5.92 Å². The second kappa shape index (κ2) is 12.6. The second-order valence-electron chi connectivity index (χ2n) is 12.4. The van der Waals surface area contributed by atoms with E-state index in [1.54, 1.807) is 32.9 Å². The molecule has 0 saturated carbocycles. The number of carbonyl (C=O) groups is 3. The number of carbonyl (C=O) groups excluding carboxylic acids is 3. The first kappa shape index (κ1) is 31.5. The van der Waals surface area contributed by atoms with E-state index in [9.17, 15) is 19.5 Å². The van der Waals surface area contributed by atoms with Gasteiger partial charge in [0.1, 0.15) is 23.4 Å². The number of aromatic hydroxyl groups is 1. The van der Waals surface area contributed by atoms with Gasteiger partial charge in [0, 0.05) is 11.2 Å². The molecule has 3 aromatic rings. The second-order valence-corrected chi connectivity index (χ2v) is 12.4. The number of anilines is 1. The van der Waals surface area contributed by atoms with E-state index in [1.165, 1.54) is 17.0 Å². The van der Waals surface area contributed by atoms with Crippen LogP contribution in [0.3, 0.4) is 0 Å². The molecule has 0 aliphatic heterocycles. The number of phenols is 1. The van der Waals surface area contributed by atoms with Crippen LogP contribution in [0.2, 0.25) is 0 Å². The maximum Gasteiger partial charge on any atom is 0.408 e. The van der Waals surface area contributed by atoms with Gasteiger partial charge in [-0.3, -0.25) is 9.59 Å². The SMILES string of the molecule is CCC(C)C(NC(=O)OC(C)(C)C)C(=O)N(C(C(=O)Nc1ccc2ccccc2c1)c1cccc(O)c1)C(C)(C)C. The molecule has 3 amide bonds. The molecule has 0 radical (unpaired) electrons. The van der Waals surface area contributed by atoms with E-state index < -0.39 is 41.1 Å². The number of rotatable bonds is 8. The van der Waals surface area contributed by atoms with Crippen LogP contribution in [-0.4, -0.2) is 45.1 Å². The van der Waals surface area contributed by atoms with E-state index in [1.807, 2.05) is 77.1 Å². The normalized spacial score (nSPS) is 14.0. The van der Waals surface area contributed by atoms with Gasteiger partial charge >= 0.3 is 6.09 Å². The van der Waals surface area contributed by atoms with Crippen molar-refractivity contribution in [1.29, 1.82) is 0 Å². The van der Waals surface area contributed by atoms with Gasteiger partial charge in [-0.05, 0) is 88.1 Å². The number of hydrogen-bond acceptors (Lipinski definition) is 5. The Morgan fingerprint density at radius 2 is 1.56 bits per heavy atom. The molecule has 3 unspecified atom stereocenters. The fourth-order valence-corrected chi connectivity index (χ4v) is 4.70. The van der Waals surface area contributed by atoms with E-state index in [0.29, 0.717) is 17.7 Å². The van der Waals surface area contributed by atoms with Crippen molar-refractivity contribution in [1.82, 2.24) is 10.2 Å². The Kier molecular flexibility index (Phi) is 9.69. The summed E-state index contributed by atoms with van der Waals surface area (Å²) in [6.45, 7) is 14.6. The highest BCUT2D eigenvalue weighted by Gasteiger charge is 2.43. The van der Waals surface area contributed by atoms with Crippen molar-refractivity contribution in [2.75, 3.05) is 5.32 Å². The molecule has 0 heterocycles. The van der Waals surface area contributed by atoms with Crippen molar-refractivity contribution in [3.05, 3.63) is 72.3 Å². The van der Waals surface area contributed by atoms with Crippen LogP contribution in [0.5, 0.6) is 5.75 Å². The van der Waals surface area contributed by atoms with E-state index in [2.05, 4.69) is 10.6 Å². The molecule has 0 fully saturated rings. The number of fused-ring (bicyclic) bond motifs is 1. The number of ether oxygens (including phenoxy) is 1. The molecule has 220 valence electrons. The van der Waals surface area contributed by atoms with Gasteiger partial charge in [0.15, 0.2) is 0 Å². The lowest BCUT2D eigenvalue weighted by Gasteiger charge is -2.43. The average Bonchev–Trinajstić information content (AvgIpc) is 2.87. The van der Waals surface area contributed by atoms with Crippen LogP contribution in [-0.2, 0) is 14.3 Å². The van der Waals surface area contributed by atoms with Crippen LogP contribution in [0.4, 0.5) is 10.5 Å². The van der Waals surface area contributed by atoms with Crippen LogP contribution in [0.15, 0.2) is 66.7 Å². The highest BCUT2D eigenvalue weighted by Crippen LogP contribution is 2.33. The molecule has 8 nitrogen and oxygen atoms in total. The smallest absolute Gasteiger partial charge is 0.408 e. The van der Waals surface area contributed by atoms with Crippen LogP contribution < -0.4 is 10.6 Å². The lowest BCUT2D eigenvalue weighted by atomic mass is 9.91. The maximum atomic E-state index is 14.4. The summed E-state index contributed by atoms with van der Waals surface area (Å²) in [5.74, 6) is -1.17. The maximum absolute atomic E-state index is 14.4. The molecule has 3 atom stereocenters. The van der Waals surface area contributed by atoms with Crippen molar-refractivity contribution < 1.29 is 24.2 Å². The van der Waals surface area contributed by atoms with Gasteiger partial charge in [0.05, 0.1) is 0 Å². The first-order valence-corrected chi connectivity index (χ1v) is 14.0. The van der Waals surface area contributed by atoms with Crippen LogP contribution in [0.25, 0.3) is 10.8 Å². The molecule has 8 heteroatoms. The molecule has 3 N–H and O–H groups in total. The zero-order valence-electron chi connectivity index (χ0n) is 25.3. The van der Waals surface area contributed by atoms with E-state index in [4.69, 9.17) is 4.74 Å². The number of nitrogens with zero attached hydrogens (tertiary/aromatic N) is 1. The van der Waals surface area contributed by atoms with Gasteiger partial charge in [-0.15, -0.1) is 0 Å². The van der Waals surface area contributed by atoms with Crippen LogP contribution >= 0.6 is 0 Å². The molecule has 0 spiro atoms. The summed E-state index contributed by atoms with van der Waals surface area (Å²) in [6.07, 6.45) is -0.107. The molecule has 3 aromatic carbocycles. The third-order valence-corrected chi connectivity index (χ3v) is 6.82. The Balaban J connectivity index is 2.08. The predicted octanol–water partition coefficient (Wildman–Crippen LogP) is 6.79. The molecule has 3 rings (SSSR count). The number of alkyl carbamates (subject to hydrolysis) is 1. The molecule has 0 saturated heterocycles. The molecule has 0 aliphatic rings. The summed E-state index contributed by atoms with van der Waals surface area (Å²) in [5, 5.41) is 18.1. The van der Waals surface area contributed by atoms with Gasteiger partial charge < -0.3 is 25.4 Å². The van der Waals surface area contributed by atoms with Gasteiger partial charge in [0.2, 0.25) is 5.91 Å². The largest absolute Gasteiger partial charge is 0.508 e. The van der Waals surface area contributed by atoms with Crippen molar-refractivity contribution in [2.45, 2.75) is 85.0 Å². The average molecular weight is 562 g/mol. The Bertz CT molecular complexity index is 1390. The van der Waals surface area contributed by atoms with E-state index >= 15 is 0 Å². The Labute approximate surface area is 243 Å². The molecule has 0 bridgehead atoms. The van der Waals surface area contributed by atoms with Gasteiger partial charge in [0.25, 0.3) is 5.91 Å². The quantitative estimate of drug-likeness (QED) is 0.281. The first-order valence-electron chi connectivity index (χ1n) is 14.0. The third-order valence-electron chi connectivity index (χ3n) is 6.82. The van der Waals surface area contributed by atoms with Crippen molar-refractivity contribution in [3.63, 3.8) is 0 Å². The van der Waals surface area contributed by atoms with E-state index in [-0.39, 0.29) is 11.7 Å². The summed E-state index contributed by atoms with van der Waals surface area (Å²) in [7, 11) is 0. The highest BCUT2D eigenvalue weighted by atomic mass is 16.6. The number of benzene rings is 3. The first-order chi connectivity index (χ1) is 19.1. The minimum absolute atomic E-state index is 0.0299. The number of nitrogens with one attached hydrogen (secondary N) is 2. The number of phenolic OH excluding ortho intramolecular Hbond substituents is 1. The van der Waals surface area contributed by atoms with Crippen molar-refractivity contribution in [3.8, 4) is 5.75 Å². The topological polar surface area (TPSA) is 108 Å². The molecule has 41 heavy (non-hydrogen) atoms. The molecule has 0 aromatic heterocycles. The zero-order valence-corrected chi connectivity index (χ0v) is 25.3. The summed E-state index contributed by atoms with van der Waals surface area (Å²) in [4.78, 5) is 42.9. The lowest BCUT2D eigenvalue weighted by molar-refractivity contribution is -0.147. The third kappa shape index (κ3) is 8.22. The molecular weight excluding hydrogens is 518 g/mol. The summed E-state index contributed by atoms with van der Waals surface area (Å²) >= 11 is 0. The Morgan fingerprint density at radius 1 is 0.902 bits per heavy atom. The Morgan fingerprint density at radius 3 is 2.15 bits per heavy atom. The monoisotopic (exact) mass is 561 g/mol. The van der Waals surface area contributed by atoms with Crippen molar-refractivity contribution in [2.24, 2.45) is 5.92 Å². The van der Waals surface area contributed by atoms with Gasteiger partial charge in [-0.2, -0.15) is 0 Å². The number of hydrogen-bond donors (Lipinski definition) is 3. The summed E-state index contributed by atoms with van der Waals surface area (Å²) in [5.41, 5.74) is -0.590. The van der Waals surface area contributed by atoms with Gasteiger partial charge in [-0.25, -0.2) is 4.79 Å². The fraction of sp³-hybridized carbons (Fsp3) is 0.424. The minimum Gasteiger partial charge on any atom is -0.508 e. The minimum atomic E-state index is -1.12. The number of amides is 3. The highest BCUT2D eigenvalue weighted by molar-refractivity contribution is 6.00. The van der Waals surface area contributed by atoms with Crippen molar-refractivity contribution >= 4 is 34.4 Å². The fourth-order valence-electron chi connectivity index (χ4n) is 4.70. The standard InChI is InChI=1S/C33H43N3O5/c1-9-21(2)27(35-31(40)41-33(6,7)8)30(39)36(32(3,4)5)28(24-15-12-16-26(37)20-24)29(38)34-25-18-17-22-13-10-11-14-23(22)19-25/h10-21,27-28,37H,9H2,1-8H3,(H,34,38)(H,35,40). The summed E-state index contributed by atoms with van der Waals surface area (Å²) < 4.78 is 5.47. The van der Waals surface area contributed by atoms with Crippen LogP contribution in [0.1, 0.15) is 73.4 Å².